The maximum atomic E-state index is 13.5. The van der Waals surface area contributed by atoms with Gasteiger partial charge in [0.15, 0.2) is 5.83 Å². The van der Waals surface area contributed by atoms with E-state index in [1.165, 1.54) is 4.90 Å². The van der Waals surface area contributed by atoms with Crippen LogP contribution in [0.15, 0.2) is 36.7 Å². The van der Waals surface area contributed by atoms with Gasteiger partial charge in [-0.1, -0.05) is 36.4 Å². The lowest BCUT2D eigenvalue weighted by Crippen LogP contribution is -2.55. The van der Waals surface area contributed by atoms with Crippen molar-refractivity contribution in [2.24, 2.45) is 5.92 Å². The number of anilines is 1. The van der Waals surface area contributed by atoms with Crippen LogP contribution in [0.2, 0.25) is 5.02 Å². The highest BCUT2D eigenvalue weighted by Gasteiger charge is 2.34. The first-order valence-corrected chi connectivity index (χ1v) is 12.2. The fourth-order valence-electron chi connectivity index (χ4n) is 5.05. The molecule has 0 N–H and O–H groups in total. The average Bonchev–Trinajstić information content (AvgIpc) is 2.87. The number of benzene rings is 1. The molecule has 1 saturated heterocycles. The molecule has 2 unspecified atom stereocenters. The molecule has 1 fully saturated rings. The largest absolute Gasteiger partial charge is 0.467 e. The Morgan fingerprint density at radius 2 is 2.14 bits per heavy atom. The number of methoxy groups -OCH3 is 1. The van der Waals surface area contributed by atoms with Crippen LogP contribution < -0.4 is 9.64 Å². The highest BCUT2D eigenvalue weighted by molar-refractivity contribution is 6.31. The molecule has 7 nitrogen and oxygen atoms in total. The lowest BCUT2D eigenvalue weighted by Gasteiger charge is -2.42. The van der Waals surface area contributed by atoms with E-state index in [0.29, 0.717) is 25.0 Å². The van der Waals surface area contributed by atoms with Crippen LogP contribution in [0.1, 0.15) is 36.1 Å². The van der Waals surface area contributed by atoms with Crippen LogP contribution in [-0.4, -0.2) is 53.6 Å². The van der Waals surface area contributed by atoms with E-state index >= 15 is 0 Å². The number of ether oxygens (including phenoxy) is 1. The molecule has 184 valence electrons. The van der Waals surface area contributed by atoms with Gasteiger partial charge in [-0.3, -0.25) is 4.79 Å². The van der Waals surface area contributed by atoms with Gasteiger partial charge >= 0.3 is 6.01 Å². The fourth-order valence-corrected chi connectivity index (χ4v) is 5.29. The summed E-state index contributed by atoms with van der Waals surface area (Å²) in [6.45, 7) is 4.28. The second-order valence-electron chi connectivity index (χ2n) is 9.06. The molecular formula is C26H29ClFN5O2. The predicted octanol–water partition coefficient (Wildman–Crippen LogP) is 4.29. The van der Waals surface area contributed by atoms with Crippen LogP contribution in [0.25, 0.3) is 0 Å². The number of hydrogen-bond donors (Lipinski definition) is 0. The van der Waals surface area contributed by atoms with Crippen molar-refractivity contribution in [3.05, 3.63) is 58.5 Å². The molecule has 1 aromatic carbocycles. The zero-order chi connectivity index (χ0) is 24.9. The summed E-state index contributed by atoms with van der Waals surface area (Å²) < 4.78 is 19.0. The molecule has 0 spiro atoms. The van der Waals surface area contributed by atoms with Gasteiger partial charge in [-0.05, 0) is 49.7 Å². The molecule has 2 aromatic rings. The summed E-state index contributed by atoms with van der Waals surface area (Å²) >= 11 is 6.34. The molecule has 0 radical (unpaired) electrons. The topological polar surface area (TPSA) is 82.3 Å². The Balaban J connectivity index is 1.53. The maximum Gasteiger partial charge on any atom is 0.318 e. The molecule has 35 heavy (non-hydrogen) atoms. The fraction of sp³-hybridized carbons (Fsp3) is 0.462. The minimum absolute atomic E-state index is 0.101. The first-order chi connectivity index (χ1) is 16.9. The van der Waals surface area contributed by atoms with Crippen molar-refractivity contribution < 1.29 is 13.9 Å². The van der Waals surface area contributed by atoms with Crippen LogP contribution in [0.3, 0.4) is 0 Å². The third-order valence-electron chi connectivity index (χ3n) is 6.90. The number of aryl methyl sites for hydroxylation is 1. The van der Waals surface area contributed by atoms with E-state index in [0.717, 1.165) is 59.8 Å². The van der Waals surface area contributed by atoms with Crippen molar-refractivity contribution >= 4 is 23.3 Å². The number of amides is 1. The zero-order valence-electron chi connectivity index (χ0n) is 19.8. The van der Waals surface area contributed by atoms with Crippen molar-refractivity contribution in [2.45, 2.75) is 44.6 Å². The van der Waals surface area contributed by atoms with Gasteiger partial charge in [0.25, 0.3) is 5.91 Å². The Morgan fingerprint density at radius 3 is 2.86 bits per heavy atom. The Kier molecular flexibility index (Phi) is 7.86. The second kappa shape index (κ2) is 11.0. The van der Waals surface area contributed by atoms with Gasteiger partial charge in [-0.25, -0.2) is 4.39 Å². The predicted molar refractivity (Wildman–Crippen MR) is 132 cm³/mol. The summed E-state index contributed by atoms with van der Waals surface area (Å²) in [4.78, 5) is 25.0. The molecule has 1 aliphatic carbocycles. The third-order valence-corrected chi connectivity index (χ3v) is 7.27. The molecule has 1 amide bonds. The second-order valence-corrected chi connectivity index (χ2v) is 9.47. The smallest absolute Gasteiger partial charge is 0.318 e. The summed E-state index contributed by atoms with van der Waals surface area (Å²) in [6.07, 6.45) is 4.72. The van der Waals surface area contributed by atoms with Crippen molar-refractivity contribution in [3.63, 3.8) is 0 Å². The number of carbonyl (C=O) groups is 1. The van der Waals surface area contributed by atoms with Gasteiger partial charge in [-0.2, -0.15) is 15.2 Å². The molecule has 0 bridgehead atoms. The molecule has 1 aromatic heterocycles. The number of carbonyl (C=O) groups excluding carboxylic acids is 1. The van der Waals surface area contributed by atoms with E-state index in [-0.39, 0.29) is 13.0 Å². The van der Waals surface area contributed by atoms with Gasteiger partial charge in [0.05, 0.1) is 31.3 Å². The highest BCUT2D eigenvalue weighted by atomic mass is 35.5. The van der Waals surface area contributed by atoms with Crippen LogP contribution >= 0.6 is 11.6 Å². The quantitative estimate of drug-likeness (QED) is 0.531. The number of rotatable bonds is 7. The van der Waals surface area contributed by atoms with Gasteiger partial charge in [-0.15, -0.1) is 0 Å². The zero-order valence-corrected chi connectivity index (χ0v) is 20.6. The summed E-state index contributed by atoms with van der Waals surface area (Å²) in [7, 11) is 1.55. The molecule has 2 aliphatic rings. The SMILES string of the molecule is C=C(F)C(=O)N1CCN(c2nc(OC)nc3c2CCC(CCc2ccccc2Cl)C3)CC1CC#N. The minimum atomic E-state index is -1.01. The summed E-state index contributed by atoms with van der Waals surface area (Å²) in [6, 6.07) is 9.92. The van der Waals surface area contributed by atoms with Crippen molar-refractivity contribution in [2.75, 3.05) is 31.6 Å². The maximum absolute atomic E-state index is 13.5. The van der Waals surface area contributed by atoms with Crippen LogP contribution in [0.5, 0.6) is 6.01 Å². The Morgan fingerprint density at radius 1 is 1.34 bits per heavy atom. The Hall–Kier alpha value is -3.18. The molecule has 9 heteroatoms. The molecule has 1 aliphatic heterocycles. The highest BCUT2D eigenvalue weighted by Crippen LogP contribution is 2.35. The van der Waals surface area contributed by atoms with Crippen molar-refractivity contribution in [3.8, 4) is 12.1 Å². The molecule has 0 saturated carbocycles. The number of fused-ring (bicyclic) bond motifs is 1. The van der Waals surface area contributed by atoms with Crippen LogP contribution in [0, 0.1) is 17.2 Å². The van der Waals surface area contributed by atoms with E-state index in [1.54, 1.807) is 7.11 Å². The van der Waals surface area contributed by atoms with Crippen molar-refractivity contribution in [1.82, 2.24) is 14.9 Å². The standard InChI is InChI=1S/C26H29ClFN5O2/c1-17(28)25(34)33-14-13-32(16-20(33)11-12-29)24-21-10-8-18(15-23(21)30-26(31-24)35-2)7-9-19-5-3-4-6-22(19)27/h3-6,18,20H,1,7-11,13-16H2,2H3. The van der Waals surface area contributed by atoms with E-state index in [9.17, 15) is 14.4 Å². The van der Waals surface area contributed by atoms with Gasteiger partial charge in [0.1, 0.15) is 5.82 Å². The van der Waals surface area contributed by atoms with E-state index in [1.807, 2.05) is 18.2 Å². The third kappa shape index (κ3) is 5.57. The van der Waals surface area contributed by atoms with Gasteiger partial charge < -0.3 is 14.5 Å². The first-order valence-electron chi connectivity index (χ1n) is 11.9. The molecule has 4 rings (SSSR count). The molecular weight excluding hydrogens is 469 g/mol. The van der Waals surface area contributed by atoms with Gasteiger partial charge in [0.2, 0.25) is 0 Å². The number of halogens is 2. The van der Waals surface area contributed by atoms with Crippen LogP contribution in [-0.2, 0) is 24.1 Å². The van der Waals surface area contributed by atoms with Crippen molar-refractivity contribution in [1.29, 1.82) is 5.26 Å². The minimum Gasteiger partial charge on any atom is -0.467 e. The Bertz CT molecular complexity index is 1150. The van der Waals surface area contributed by atoms with E-state index in [4.69, 9.17) is 16.3 Å². The summed E-state index contributed by atoms with van der Waals surface area (Å²) in [5, 5.41) is 10.1. The lowest BCUT2D eigenvalue weighted by atomic mass is 9.83. The normalized spacial score (nSPS) is 19.6. The molecule has 2 atom stereocenters. The number of hydrogen-bond acceptors (Lipinski definition) is 6. The number of piperazine rings is 1. The number of aromatic nitrogens is 2. The molecule has 2 heterocycles. The lowest BCUT2D eigenvalue weighted by molar-refractivity contribution is -0.131. The monoisotopic (exact) mass is 497 g/mol. The van der Waals surface area contributed by atoms with E-state index in [2.05, 4.69) is 33.6 Å². The number of nitrogens with zero attached hydrogens (tertiary/aromatic N) is 5. The van der Waals surface area contributed by atoms with E-state index < -0.39 is 17.8 Å². The average molecular weight is 498 g/mol. The number of nitriles is 1. The summed E-state index contributed by atoms with van der Waals surface area (Å²) in [5.41, 5.74) is 3.23. The summed E-state index contributed by atoms with van der Waals surface area (Å²) in [5.74, 6) is -0.507. The van der Waals surface area contributed by atoms with Crippen LogP contribution in [0.4, 0.5) is 10.2 Å². The van der Waals surface area contributed by atoms with Gasteiger partial charge in [0, 0.05) is 30.2 Å². The Labute approximate surface area is 210 Å². The first kappa shape index (κ1) is 24.9.